The van der Waals surface area contributed by atoms with Crippen molar-refractivity contribution in [3.8, 4) is 0 Å². The summed E-state index contributed by atoms with van der Waals surface area (Å²) in [5.74, 6) is -0.360. The fraction of sp³-hybridized carbons (Fsp3) is 0.391. The molecule has 1 saturated heterocycles. The van der Waals surface area contributed by atoms with Gasteiger partial charge in [0, 0.05) is 25.1 Å². The van der Waals surface area contributed by atoms with Crippen LogP contribution in [0.5, 0.6) is 0 Å². The number of hydrogen-bond donors (Lipinski definition) is 3. The average Bonchev–Trinajstić information content (AvgIpc) is 2.74. The zero-order valence-electron chi connectivity index (χ0n) is 16.7. The molecule has 0 radical (unpaired) electrons. The third kappa shape index (κ3) is 6.87. The normalized spacial score (nSPS) is 14.4. The van der Waals surface area contributed by atoms with Gasteiger partial charge in [-0.2, -0.15) is 0 Å². The summed E-state index contributed by atoms with van der Waals surface area (Å²) < 4.78 is 0. The van der Waals surface area contributed by atoms with E-state index >= 15 is 0 Å². The lowest BCUT2D eigenvalue weighted by Gasteiger charge is -2.23. The van der Waals surface area contributed by atoms with E-state index in [4.69, 9.17) is 11.6 Å². The first-order chi connectivity index (χ1) is 14.1. The first-order valence-electron chi connectivity index (χ1n) is 10.3. The van der Waals surface area contributed by atoms with Crippen LogP contribution in [0.25, 0.3) is 0 Å². The van der Waals surface area contributed by atoms with E-state index in [-0.39, 0.29) is 24.8 Å². The number of rotatable bonds is 8. The number of nitrogens with one attached hydrogen (secondary N) is 3. The maximum atomic E-state index is 12.1. The Balaban J connectivity index is 1.35. The van der Waals surface area contributed by atoms with Crippen LogP contribution < -0.4 is 15.5 Å². The topological polar surface area (TPSA) is 62.6 Å². The molecule has 0 atom stereocenters. The average molecular weight is 415 g/mol. The number of halogens is 1. The highest BCUT2D eigenvalue weighted by atomic mass is 35.5. The predicted octanol–water partition coefficient (Wildman–Crippen LogP) is 2.35. The molecule has 1 heterocycles. The van der Waals surface area contributed by atoms with Gasteiger partial charge in [-0.15, -0.1) is 0 Å². The van der Waals surface area contributed by atoms with Crippen LogP contribution in [0, 0.1) is 0 Å². The van der Waals surface area contributed by atoms with Gasteiger partial charge < -0.3 is 15.5 Å². The molecule has 1 fully saturated rings. The van der Waals surface area contributed by atoms with Gasteiger partial charge in [0.25, 0.3) is 5.91 Å². The smallest absolute Gasteiger partial charge is 0.252 e. The molecular weight excluding hydrogens is 386 g/mol. The third-order valence-corrected chi connectivity index (χ3v) is 5.61. The lowest BCUT2D eigenvalue weighted by molar-refractivity contribution is -0.918. The molecule has 29 heavy (non-hydrogen) atoms. The number of carbonyl (C=O) groups excluding carboxylic acids is 2. The zero-order valence-corrected chi connectivity index (χ0v) is 17.4. The Morgan fingerprint density at radius 3 is 2.31 bits per heavy atom. The molecule has 0 saturated carbocycles. The molecule has 5 nitrogen and oxygen atoms in total. The number of amides is 2. The van der Waals surface area contributed by atoms with Crippen LogP contribution in [0.3, 0.4) is 0 Å². The molecule has 2 aromatic carbocycles. The van der Waals surface area contributed by atoms with E-state index in [0.717, 1.165) is 12.1 Å². The summed E-state index contributed by atoms with van der Waals surface area (Å²) in [6.45, 7) is 4.38. The summed E-state index contributed by atoms with van der Waals surface area (Å²) in [7, 11) is 0. The van der Waals surface area contributed by atoms with Crippen LogP contribution in [0.2, 0.25) is 5.02 Å². The molecule has 154 valence electrons. The van der Waals surface area contributed by atoms with Gasteiger partial charge in [0.1, 0.15) is 6.54 Å². The summed E-state index contributed by atoms with van der Waals surface area (Å²) >= 11 is 6.00. The van der Waals surface area contributed by atoms with Crippen LogP contribution in [0.15, 0.2) is 48.5 Å². The molecule has 0 spiro atoms. The lowest BCUT2D eigenvalue weighted by atomic mass is 10.1. The number of piperidine rings is 1. The molecule has 1 aliphatic heterocycles. The van der Waals surface area contributed by atoms with E-state index in [9.17, 15) is 9.59 Å². The van der Waals surface area contributed by atoms with Crippen molar-refractivity contribution < 1.29 is 14.5 Å². The summed E-state index contributed by atoms with van der Waals surface area (Å²) in [6.07, 6.45) is 4.26. The van der Waals surface area contributed by atoms with E-state index in [2.05, 4.69) is 34.9 Å². The van der Waals surface area contributed by atoms with Crippen molar-refractivity contribution in [2.24, 2.45) is 0 Å². The maximum absolute atomic E-state index is 12.1. The SMILES string of the molecule is O=C(CCNC(=O)c1ccccc1Cl)NCc1ccc(C[NH+]2CCCCC2)cc1. The van der Waals surface area contributed by atoms with Gasteiger partial charge in [-0.3, -0.25) is 9.59 Å². The number of benzene rings is 2. The van der Waals surface area contributed by atoms with Gasteiger partial charge in [0.05, 0.1) is 23.7 Å². The van der Waals surface area contributed by atoms with Crippen molar-refractivity contribution in [2.45, 2.75) is 38.8 Å². The Morgan fingerprint density at radius 1 is 0.897 bits per heavy atom. The van der Waals surface area contributed by atoms with E-state index in [1.165, 1.54) is 37.9 Å². The fourth-order valence-electron chi connectivity index (χ4n) is 3.61. The minimum Gasteiger partial charge on any atom is -0.352 e. The standard InChI is InChI=1S/C23H28ClN3O2/c24-21-7-3-2-6-20(21)23(29)25-13-12-22(28)26-16-18-8-10-19(11-9-18)17-27-14-4-1-5-15-27/h2-3,6-11H,1,4-5,12-17H2,(H,25,29)(H,26,28)/p+1. The molecule has 6 heteroatoms. The second kappa shape index (κ2) is 11.0. The van der Waals surface area contributed by atoms with Crippen LogP contribution >= 0.6 is 11.6 Å². The highest BCUT2D eigenvalue weighted by Gasteiger charge is 2.14. The third-order valence-electron chi connectivity index (χ3n) is 5.28. The summed E-state index contributed by atoms with van der Waals surface area (Å²) in [4.78, 5) is 25.8. The van der Waals surface area contributed by atoms with Crippen LogP contribution in [0.4, 0.5) is 0 Å². The van der Waals surface area contributed by atoms with Gasteiger partial charge >= 0.3 is 0 Å². The largest absolute Gasteiger partial charge is 0.352 e. The molecule has 3 N–H and O–H groups in total. The zero-order chi connectivity index (χ0) is 20.5. The Hall–Kier alpha value is -2.37. The van der Waals surface area contributed by atoms with Crippen LogP contribution in [0.1, 0.15) is 47.2 Å². The first-order valence-corrected chi connectivity index (χ1v) is 10.7. The summed E-state index contributed by atoms with van der Waals surface area (Å²) in [5, 5.41) is 6.03. The molecule has 0 aliphatic carbocycles. The van der Waals surface area contributed by atoms with Gasteiger partial charge in [-0.05, 0) is 37.0 Å². The molecule has 0 unspecified atom stereocenters. The van der Waals surface area contributed by atoms with Crippen molar-refractivity contribution >= 4 is 23.4 Å². The van der Waals surface area contributed by atoms with Crippen LogP contribution in [-0.4, -0.2) is 31.4 Å². The van der Waals surface area contributed by atoms with Crippen molar-refractivity contribution in [3.63, 3.8) is 0 Å². The Kier molecular flexibility index (Phi) is 8.08. The van der Waals surface area contributed by atoms with E-state index in [1.54, 1.807) is 29.2 Å². The molecule has 0 aromatic heterocycles. The van der Waals surface area contributed by atoms with Gasteiger partial charge in [-0.1, -0.05) is 48.0 Å². The lowest BCUT2D eigenvalue weighted by Crippen LogP contribution is -3.11. The molecule has 1 aliphatic rings. The van der Waals surface area contributed by atoms with Crippen LogP contribution in [-0.2, 0) is 17.9 Å². The molecule has 2 aromatic rings. The maximum Gasteiger partial charge on any atom is 0.252 e. The predicted molar refractivity (Wildman–Crippen MR) is 115 cm³/mol. The monoisotopic (exact) mass is 414 g/mol. The molecule has 0 bridgehead atoms. The number of quaternary nitrogens is 1. The number of likely N-dealkylation sites (tertiary alicyclic amines) is 1. The second-order valence-electron chi connectivity index (χ2n) is 7.57. The van der Waals surface area contributed by atoms with E-state index in [1.807, 2.05) is 0 Å². The summed E-state index contributed by atoms with van der Waals surface area (Å²) in [6, 6.07) is 15.3. The van der Waals surface area contributed by atoms with Gasteiger partial charge in [-0.25, -0.2) is 0 Å². The highest BCUT2D eigenvalue weighted by Crippen LogP contribution is 2.14. The van der Waals surface area contributed by atoms with Crippen molar-refractivity contribution in [2.75, 3.05) is 19.6 Å². The van der Waals surface area contributed by atoms with Crippen molar-refractivity contribution in [1.82, 2.24) is 10.6 Å². The second-order valence-corrected chi connectivity index (χ2v) is 7.97. The van der Waals surface area contributed by atoms with Gasteiger partial charge in [0.2, 0.25) is 5.91 Å². The minimum absolute atomic E-state index is 0.0914. The van der Waals surface area contributed by atoms with Gasteiger partial charge in [0.15, 0.2) is 0 Å². The van der Waals surface area contributed by atoms with Crippen molar-refractivity contribution in [1.29, 1.82) is 0 Å². The number of carbonyl (C=O) groups is 2. The molecular formula is C23H29ClN3O2+. The fourth-order valence-corrected chi connectivity index (χ4v) is 3.83. The minimum atomic E-state index is -0.269. The van der Waals surface area contributed by atoms with Crippen molar-refractivity contribution in [3.05, 3.63) is 70.2 Å². The first kappa shape index (κ1) is 21.3. The molecule has 2 amide bonds. The Labute approximate surface area is 177 Å². The number of hydrogen-bond acceptors (Lipinski definition) is 2. The van der Waals surface area contributed by atoms with E-state index < -0.39 is 0 Å². The van der Waals surface area contributed by atoms with E-state index in [0.29, 0.717) is 17.1 Å². The summed E-state index contributed by atoms with van der Waals surface area (Å²) in [5.41, 5.74) is 2.84. The Morgan fingerprint density at radius 2 is 1.59 bits per heavy atom. The highest BCUT2D eigenvalue weighted by molar-refractivity contribution is 6.33. The molecule has 3 rings (SSSR count). The quantitative estimate of drug-likeness (QED) is 0.621. The Bertz CT molecular complexity index is 817.